The van der Waals surface area contributed by atoms with Gasteiger partial charge in [0.05, 0.1) is 18.2 Å². The van der Waals surface area contributed by atoms with Crippen LogP contribution < -0.4 is 0 Å². The van der Waals surface area contributed by atoms with E-state index in [4.69, 9.17) is 5.11 Å². The molecule has 0 saturated heterocycles. The molecule has 1 aromatic heterocycles. The third kappa shape index (κ3) is 1.65. The molecular weight excluding hydrogens is 222 g/mol. The summed E-state index contributed by atoms with van der Waals surface area (Å²) in [6, 6.07) is 4.80. The summed E-state index contributed by atoms with van der Waals surface area (Å²) >= 11 is 0. The molecule has 0 spiro atoms. The highest BCUT2D eigenvalue weighted by Gasteiger charge is 2.16. The van der Waals surface area contributed by atoms with Crippen LogP contribution in [0.15, 0.2) is 24.4 Å². The topological polar surface area (TPSA) is 68.5 Å². The lowest BCUT2D eigenvalue weighted by Crippen LogP contribution is -2.10. The molecule has 0 aliphatic carbocycles. The lowest BCUT2D eigenvalue weighted by molar-refractivity contribution is 0.0699. The normalized spacial score (nSPS) is 10.5. The SMILES string of the molecule is COC(=O)n1ccc2c(C(=O)O)ccc(C)c21. The Balaban J connectivity index is 2.80. The minimum atomic E-state index is -1.02. The number of hydrogen-bond donors (Lipinski definition) is 1. The van der Waals surface area contributed by atoms with E-state index < -0.39 is 12.1 Å². The number of aromatic carboxylic acids is 1. The van der Waals surface area contributed by atoms with Crippen molar-refractivity contribution >= 4 is 23.0 Å². The number of fused-ring (bicyclic) bond motifs is 1. The Kier molecular flexibility index (Phi) is 2.59. The second-order valence-corrected chi connectivity index (χ2v) is 3.65. The first-order valence-electron chi connectivity index (χ1n) is 4.98. The first kappa shape index (κ1) is 11.2. The molecule has 5 nitrogen and oxygen atoms in total. The summed E-state index contributed by atoms with van der Waals surface area (Å²) in [5.74, 6) is -1.02. The van der Waals surface area contributed by atoms with Gasteiger partial charge in [-0.2, -0.15) is 0 Å². The molecule has 1 N–H and O–H groups in total. The number of carbonyl (C=O) groups is 2. The van der Waals surface area contributed by atoms with E-state index in [1.807, 2.05) is 6.92 Å². The van der Waals surface area contributed by atoms with E-state index in [1.54, 1.807) is 12.1 Å². The van der Waals surface area contributed by atoms with Crippen molar-refractivity contribution < 1.29 is 19.4 Å². The molecule has 17 heavy (non-hydrogen) atoms. The quantitative estimate of drug-likeness (QED) is 0.820. The minimum Gasteiger partial charge on any atom is -0.478 e. The van der Waals surface area contributed by atoms with E-state index in [0.717, 1.165) is 5.56 Å². The molecule has 88 valence electrons. The van der Waals surface area contributed by atoms with E-state index in [1.165, 1.54) is 23.9 Å². The molecule has 1 aromatic carbocycles. The second-order valence-electron chi connectivity index (χ2n) is 3.65. The van der Waals surface area contributed by atoms with Crippen molar-refractivity contribution in [1.29, 1.82) is 0 Å². The molecule has 0 amide bonds. The van der Waals surface area contributed by atoms with Crippen LogP contribution in [0, 0.1) is 6.92 Å². The predicted molar refractivity (Wildman–Crippen MR) is 61.4 cm³/mol. The molecule has 1 heterocycles. The van der Waals surface area contributed by atoms with Gasteiger partial charge < -0.3 is 9.84 Å². The Labute approximate surface area is 97.2 Å². The third-order valence-electron chi connectivity index (χ3n) is 2.65. The van der Waals surface area contributed by atoms with E-state index in [9.17, 15) is 9.59 Å². The van der Waals surface area contributed by atoms with E-state index in [0.29, 0.717) is 10.9 Å². The number of benzene rings is 1. The van der Waals surface area contributed by atoms with Crippen LogP contribution in [0.5, 0.6) is 0 Å². The number of hydrogen-bond acceptors (Lipinski definition) is 3. The van der Waals surface area contributed by atoms with Crippen molar-refractivity contribution in [1.82, 2.24) is 4.57 Å². The fraction of sp³-hybridized carbons (Fsp3) is 0.167. The lowest BCUT2D eigenvalue weighted by atomic mass is 10.1. The van der Waals surface area contributed by atoms with Gasteiger partial charge in [-0.25, -0.2) is 9.59 Å². The van der Waals surface area contributed by atoms with E-state index in [-0.39, 0.29) is 5.56 Å². The number of carboxylic acids is 1. The molecule has 2 rings (SSSR count). The van der Waals surface area contributed by atoms with Gasteiger partial charge in [0.15, 0.2) is 0 Å². The van der Waals surface area contributed by atoms with Crippen molar-refractivity contribution in [2.24, 2.45) is 0 Å². The standard InChI is InChI=1S/C12H11NO4/c1-7-3-4-9(11(14)15)8-5-6-13(10(7)8)12(16)17-2/h3-6H,1-2H3,(H,14,15). The van der Waals surface area contributed by atoms with Crippen molar-refractivity contribution in [2.45, 2.75) is 6.92 Å². The Hall–Kier alpha value is -2.30. The molecule has 0 fully saturated rings. The summed E-state index contributed by atoms with van der Waals surface area (Å²) < 4.78 is 5.94. The Morgan fingerprint density at radius 2 is 2.00 bits per heavy atom. The monoisotopic (exact) mass is 233 g/mol. The second kappa shape index (κ2) is 3.93. The lowest BCUT2D eigenvalue weighted by Gasteiger charge is -2.06. The molecule has 0 bridgehead atoms. The Morgan fingerprint density at radius 3 is 2.59 bits per heavy atom. The zero-order valence-corrected chi connectivity index (χ0v) is 9.43. The summed E-state index contributed by atoms with van der Waals surface area (Å²) in [5.41, 5.74) is 1.56. The summed E-state index contributed by atoms with van der Waals surface area (Å²) in [5, 5.41) is 9.58. The maximum absolute atomic E-state index is 11.5. The van der Waals surface area contributed by atoms with Gasteiger partial charge >= 0.3 is 12.1 Å². The number of carboxylic acid groups (broad SMARTS) is 1. The largest absolute Gasteiger partial charge is 0.478 e. The Morgan fingerprint density at radius 1 is 1.29 bits per heavy atom. The van der Waals surface area contributed by atoms with Gasteiger partial charge in [-0.15, -0.1) is 0 Å². The fourth-order valence-corrected chi connectivity index (χ4v) is 1.87. The zero-order chi connectivity index (χ0) is 12.6. The van der Waals surface area contributed by atoms with Gasteiger partial charge in [0.25, 0.3) is 0 Å². The number of carbonyl (C=O) groups excluding carboxylic acids is 1. The van der Waals surface area contributed by atoms with Gasteiger partial charge in [-0.3, -0.25) is 4.57 Å². The summed E-state index contributed by atoms with van der Waals surface area (Å²) in [7, 11) is 1.28. The summed E-state index contributed by atoms with van der Waals surface area (Å²) in [6.07, 6.45) is 0.973. The molecule has 0 atom stereocenters. The van der Waals surface area contributed by atoms with Crippen LogP contribution >= 0.6 is 0 Å². The maximum atomic E-state index is 11.5. The number of aromatic nitrogens is 1. The predicted octanol–water partition coefficient (Wildman–Crippen LogP) is 2.26. The zero-order valence-electron chi connectivity index (χ0n) is 9.43. The van der Waals surface area contributed by atoms with Gasteiger partial charge in [-0.05, 0) is 24.6 Å². The third-order valence-corrected chi connectivity index (χ3v) is 2.65. The average Bonchev–Trinajstić information content (AvgIpc) is 2.73. The van der Waals surface area contributed by atoms with Crippen molar-refractivity contribution in [3.8, 4) is 0 Å². The Bertz CT molecular complexity index is 612. The molecule has 0 aliphatic heterocycles. The number of ether oxygens (including phenoxy) is 1. The molecule has 2 aromatic rings. The first-order valence-corrected chi connectivity index (χ1v) is 4.98. The molecular formula is C12H11NO4. The number of rotatable bonds is 1. The van der Waals surface area contributed by atoms with E-state index >= 15 is 0 Å². The van der Waals surface area contributed by atoms with Crippen molar-refractivity contribution in [3.63, 3.8) is 0 Å². The highest BCUT2D eigenvalue weighted by atomic mass is 16.5. The summed E-state index contributed by atoms with van der Waals surface area (Å²) in [6.45, 7) is 1.81. The van der Waals surface area contributed by atoms with Crippen LogP contribution in [0.3, 0.4) is 0 Å². The van der Waals surface area contributed by atoms with Crippen LogP contribution in [-0.4, -0.2) is 28.8 Å². The molecule has 5 heteroatoms. The van der Waals surface area contributed by atoms with Crippen LogP contribution in [0.4, 0.5) is 4.79 Å². The van der Waals surface area contributed by atoms with Crippen molar-refractivity contribution in [3.05, 3.63) is 35.5 Å². The molecule has 0 aliphatic rings. The van der Waals surface area contributed by atoms with E-state index in [2.05, 4.69) is 4.74 Å². The number of methoxy groups -OCH3 is 1. The number of nitrogens with zero attached hydrogens (tertiary/aromatic N) is 1. The average molecular weight is 233 g/mol. The van der Waals surface area contributed by atoms with Gasteiger partial charge in [0.2, 0.25) is 0 Å². The fourth-order valence-electron chi connectivity index (χ4n) is 1.87. The smallest absolute Gasteiger partial charge is 0.418 e. The van der Waals surface area contributed by atoms with Crippen LogP contribution in [0.2, 0.25) is 0 Å². The molecule has 0 radical (unpaired) electrons. The first-order chi connectivity index (χ1) is 8.06. The van der Waals surface area contributed by atoms with Crippen LogP contribution in [0.25, 0.3) is 10.9 Å². The number of aryl methyl sites for hydroxylation is 1. The molecule has 0 saturated carbocycles. The van der Waals surface area contributed by atoms with Crippen molar-refractivity contribution in [2.75, 3.05) is 7.11 Å². The maximum Gasteiger partial charge on any atom is 0.418 e. The van der Waals surface area contributed by atoms with Gasteiger partial charge in [-0.1, -0.05) is 6.07 Å². The van der Waals surface area contributed by atoms with Crippen LogP contribution in [0.1, 0.15) is 15.9 Å². The van der Waals surface area contributed by atoms with Crippen LogP contribution in [-0.2, 0) is 4.74 Å². The van der Waals surface area contributed by atoms with Gasteiger partial charge in [0, 0.05) is 11.6 Å². The highest BCUT2D eigenvalue weighted by Crippen LogP contribution is 2.24. The minimum absolute atomic E-state index is 0.174. The highest BCUT2D eigenvalue weighted by molar-refractivity contribution is 6.05. The molecule has 0 unspecified atom stereocenters. The van der Waals surface area contributed by atoms with Gasteiger partial charge in [0.1, 0.15) is 0 Å². The summed E-state index contributed by atoms with van der Waals surface area (Å²) in [4.78, 5) is 22.6.